The number of hydrogen-bond acceptors (Lipinski definition) is 4. The smallest absolute Gasteiger partial charge is 0.192 e. The Balaban J connectivity index is 2.23. The lowest BCUT2D eigenvalue weighted by Crippen LogP contribution is -2.43. The highest BCUT2D eigenvalue weighted by Crippen LogP contribution is 2.37. The van der Waals surface area contributed by atoms with Crippen molar-refractivity contribution in [3.05, 3.63) is 0 Å². The molecule has 0 spiro atoms. The molecule has 24 heavy (non-hydrogen) atoms. The van der Waals surface area contributed by atoms with E-state index in [1.807, 2.05) is 13.8 Å². The number of carbonyl (C=O) groups excluding carboxylic acids is 1. The third-order valence-corrected chi connectivity index (χ3v) is 9.86. The third-order valence-electron chi connectivity index (χ3n) is 5.26. The van der Waals surface area contributed by atoms with Crippen LogP contribution in [0.25, 0.3) is 0 Å². The first-order valence-corrected chi connectivity index (χ1v) is 12.3. The fraction of sp³-hybridized carbons (Fsp3) is 0.947. The van der Waals surface area contributed by atoms with Gasteiger partial charge in [0.2, 0.25) is 0 Å². The summed E-state index contributed by atoms with van der Waals surface area (Å²) in [6.45, 7) is 17.4. The van der Waals surface area contributed by atoms with E-state index < -0.39 is 20.2 Å². The van der Waals surface area contributed by atoms with Crippen LogP contribution in [0.1, 0.15) is 73.6 Å². The Morgan fingerprint density at radius 2 is 1.79 bits per heavy atom. The first-order chi connectivity index (χ1) is 10.9. The minimum atomic E-state index is -1.66. The third kappa shape index (κ3) is 6.58. The zero-order valence-corrected chi connectivity index (χ0v) is 18.0. The van der Waals surface area contributed by atoms with Crippen molar-refractivity contribution >= 4 is 14.6 Å². The number of rotatable bonds is 9. The highest BCUT2D eigenvalue weighted by atomic mass is 28.4. The molecule has 1 heterocycles. The molecule has 1 fully saturated rings. The zero-order chi connectivity index (χ0) is 18.6. The Hall–Kier alpha value is -0.233. The largest absolute Gasteiger partial charge is 0.414 e. The maximum atomic E-state index is 11.1. The van der Waals surface area contributed by atoms with Crippen molar-refractivity contribution in [3.63, 3.8) is 0 Å². The lowest BCUT2D eigenvalue weighted by atomic mass is 10.0. The number of hydrogen-bond donors (Lipinski definition) is 0. The number of unbranched alkanes of at least 4 members (excludes halogenated alkanes) is 2. The van der Waals surface area contributed by atoms with E-state index in [2.05, 4.69) is 40.8 Å². The normalized spacial score (nSPS) is 25.7. The standard InChI is InChI=1S/C19H38O4Si/c1-15(23-24(7,8)18(2,3)4)12-10-9-11-13-16-17(14-20)22-19(5,6)21-16/h14-17H,9-13H2,1-8H3/t15-,16+,17-/m1/s1. The van der Waals surface area contributed by atoms with E-state index in [-0.39, 0.29) is 11.1 Å². The predicted molar refractivity (Wildman–Crippen MR) is 101 cm³/mol. The molecule has 0 N–H and O–H groups in total. The Morgan fingerprint density at radius 1 is 1.17 bits per heavy atom. The average Bonchev–Trinajstić information content (AvgIpc) is 2.71. The van der Waals surface area contributed by atoms with Gasteiger partial charge in [-0.05, 0) is 51.7 Å². The van der Waals surface area contributed by atoms with E-state index in [0.29, 0.717) is 6.10 Å². The van der Waals surface area contributed by atoms with Gasteiger partial charge in [-0.3, -0.25) is 0 Å². The van der Waals surface area contributed by atoms with Crippen LogP contribution in [0.3, 0.4) is 0 Å². The molecule has 0 aromatic heterocycles. The molecule has 0 saturated carbocycles. The molecule has 1 saturated heterocycles. The summed E-state index contributed by atoms with van der Waals surface area (Å²) in [6, 6.07) is 0. The van der Waals surface area contributed by atoms with Crippen molar-refractivity contribution < 1.29 is 18.7 Å². The zero-order valence-electron chi connectivity index (χ0n) is 17.0. The van der Waals surface area contributed by atoms with Crippen molar-refractivity contribution in [1.29, 1.82) is 0 Å². The van der Waals surface area contributed by atoms with Gasteiger partial charge in [-0.25, -0.2) is 0 Å². The molecule has 5 heteroatoms. The second-order valence-corrected chi connectivity index (χ2v) is 13.9. The molecular weight excluding hydrogens is 320 g/mol. The van der Waals surface area contributed by atoms with Crippen LogP contribution in [-0.2, 0) is 18.7 Å². The van der Waals surface area contributed by atoms with Crippen LogP contribution in [0, 0.1) is 0 Å². The lowest BCUT2D eigenvalue weighted by molar-refractivity contribution is -0.150. The van der Waals surface area contributed by atoms with Gasteiger partial charge in [0.25, 0.3) is 0 Å². The van der Waals surface area contributed by atoms with Crippen molar-refractivity contribution in [1.82, 2.24) is 0 Å². The summed E-state index contributed by atoms with van der Waals surface area (Å²) in [5.74, 6) is -0.637. The van der Waals surface area contributed by atoms with E-state index >= 15 is 0 Å². The Labute approximate surface area is 149 Å². The molecule has 0 amide bonds. The number of ether oxygens (including phenoxy) is 2. The maximum Gasteiger partial charge on any atom is 0.192 e. The summed E-state index contributed by atoms with van der Waals surface area (Å²) in [4.78, 5) is 11.1. The summed E-state index contributed by atoms with van der Waals surface area (Å²) in [7, 11) is -1.66. The van der Waals surface area contributed by atoms with Gasteiger partial charge in [0.1, 0.15) is 6.10 Å². The van der Waals surface area contributed by atoms with E-state index in [1.165, 1.54) is 0 Å². The van der Waals surface area contributed by atoms with Gasteiger partial charge < -0.3 is 18.7 Å². The first-order valence-electron chi connectivity index (χ1n) is 9.37. The van der Waals surface area contributed by atoms with Crippen LogP contribution in [-0.4, -0.2) is 38.7 Å². The molecule has 0 radical (unpaired) electrons. The van der Waals surface area contributed by atoms with Crippen molar-refractivity contribution in [2.24, 2.45) is 0 Å². The molecule has 1 aliphatic heterocycles. The molecule has 0 aromatic carbocycles. The fourth-order valence-electron chi connectivity index (χ4n) is 2.89. The SMILES string of the molecule is C[C@H](CCCCC[C@@H]1OC(C)(C)O[C@@H]1C=O)O[Si](C)(C)C(C)(C)C. The summed E-state index contributed by atoms with van der Waals surface area (Å²) in [5.41, 5.74) is 0. The van der Waals surface area contributed by atoms with Gasteiger partial charge in [0.15, 0.2) is 20.4 Å². The van der Waals surface area contributed by atoms with Crippen molar-refractivity contribution in [2.45, 2.75) is 116 Å². The Kier molecular flexibility index (Phi) is 7.66. The van der Waals surface area contributed by atoms with Crippen molar-refractivity contribution in [3.8, 4) is 0 Å². The predicted octanol–water partition coefficient (Wildman–Crippen LogP) is 5.07. The van der Waals surface area contributed by atoms with Gasteiger partial charge in [-0.15, -0.1) is 0 Å². The van der Waals surface area contributed by atoms with Crippen LogP contribution in [0.2, 0.25) is 18.1 Å². The van der Waals surface area contributed by atoms with Crippen LogP contribution in [0.15, 0.2) is 0 Å². The molecule has 1 aliphatic rings. The monoisotopic (exact) mass is 358 g/mol. The Bertz CT molecular complexity index is 401. The number of aldehydes is 1. The molecular formula is C19H38O4Si. The number of carbonyl (C=O) groups is 1. The van der Waals surface area contributed by atoms with Crippen LogP contribution < -0.4 is 0 Å². The summed E-state index contributed by atoms with van der Waals surface area (Å²) >= 11 is 0. The highest BCUT2D eigenvalue weighted by molar-refractivity contribution is 6.74. The van der Waals surface area contributed by atoms with E-state index in [0.717, 1.165) is 38.4 Å². The minimum absolute atomic E-state index is 0.0987. The maximum absolute atomic E-state index is 11.1. The molecule has 0 bridgehead atoms. The molecule has 0 unspecified atom stereocenters. The van der Waals surface area contributed by atoms with Gasteiger partial charge in [0.05, 0.1) is 6.10 Å². The topological polar surface area (TPSA) is 44.8 Å². The molecule has 0 aromatic rings. The van der Waals surface area contributed by atoms with Gasteiger partial charge in [-0.1, -0.05) is 40.0 Å². The molecule has 0 aliphatic carbocycles. The molecule has 3 atom stereocenters. The average molecular weight is 359 g/mol. The quantitative estimate of drug-likeness (QED) is 0.328. The van der Waals surface area contributed by atoms with E-state index in [9.17, 15) is 4.79 Å². The first kappa shape index (κ1) is 21.8. The fourth-order valence-corrected chi connectivity index (χ4v) is 4.37. The minimum Gasteiger partial charge on any atom is -0.414 e. The molecule has 1 rings (SSSR count). The van der Waals surface area contributed by atoms with Gasteiger partial charge in [0, 0.05) is 6.10 Å². The van der Waals surface area contributed by atoms with E-state index in [4.69, 9.17) is 13.9 Å². The van der Waals surface area contributed by atoms with Crippen LogP contribution in [0.5, 0.6) is 0 Å². The van der Waals surface area contributed by atoms with Gasteiger partial charge in [-0.2, -0.15) is 0 Å². The van der Waals surface area contributed by atoms with Crippen LogP contribution >= 0.6 is 0 Å². The molecule has 142 valence electrons. The van der Waals surface area contributed by atoms with Crippen molar-refractivity contribution in [2.75, 3.05) is 0 Å². The molecule has 4 nitrogen and oxygen atoms in total. The highest BCUT2D eigenvalue weighted by Gasteiger charge is 2.40. The van der Waals surface area contributed by atoms with Crippen LogP contribution in [0.4, 0.5) is 0 Å². The summed E-state index contributed by atoms with van der Waals surface area (Å²) < 4.78 is 17.8. The summed E-state index contributed by atoms with van der Waals surface area (Å²) in [6.07, 6.45) is 5.99. The second-order valence-electron chi connectivity index (χ2n) is 9.10. The summed E-state index contributed by atoms with van der Waals surface area (Å²) in [5, 5.41) is 0.262. The lowest BCUT2D eigenvalue weighted by Gasteiger charge is -2.38. The Morgan fingerprint density at radius 3 is 2.33 bits per heavy atom. The van der Waals surface area contributed by atoms with Gasteiger partial charge >= 0.3 is 0 Å². The van der Waals surface area contributed by atoms with E-state index in [1.54, 1.807) is 0 Å². The second kappa shape index (κ2) is 8.43.